The second-order valence-corrected chi connectivity index (χ2v) is 6.61. The van der Waals surface area contributed by atoms with Gasteiger partial charge in [0.1, 0.15) is 0 Å². The first-order chi connectivity index (χ1) is 9.83. The van der Waals surface area contributed by atoms with Crippen molar-refractivity contribution in [3.63, 3.8) is 0 Å². The molecule has 0 aliphatic heterocycles. The first-order valence-electron chi connectivity index (χ1n) is 7.06. The van der Waals surface area contributed by atoms with Crippen LogP contribution in [0.1, 0.15) is 38.7 Å². The Hall–Kier alpha value is -1.42. The number of carboxylic acid groups (broad SMARTS) is 1. The lowest BCUT2D eigenvalue weighted by Gasteiger charge is -2.25. The third kappa shape index (κ3) is 4.03. The molecule has 0 atom stereocenters. The van der Waals surface area contributed by atoms with Crippen molar-refractivity contribution < 1.29 is 19.4 Å². The number of ether oxygens (including phenoxy) is 2. The molecular formula is C16H21ClO4. The summed E-state index contributed by atoms with van der Waals surface area (Å²) in [5.74, 6) is 0.870. The van der Waals surface area contributed by atoms with Gasteiger partial charge in [-0.15, -0.1) is 0 Å². The molecule has 0 amide bonds. The molecule has 5 heteroatoms. The molecule has 1 aliphatic carbocycles. The Morgan fingerprint density at radius 2 is 2.10 bits per heavy atom. The number of aliphatic carboxylic acids is 1. The molecule has 4 nitrogen and oxygen atoms in total. The van der Waals surface area contributed by atoms with E-state index in [1.165, 1.54) is 12.8 Å². The summed E-state index contributed by atoms with van der Waals surface area (Å²) in [6, 6.07) is 3.60. The number of rotatable bonds is 7. The summed E-state index contributed by atoms with van der Waals surface area (Å²) in [6.07, 6.45) is 2.41. The zero-order chi connectivity index (χ0) is 15.6. The number of halogens is 1. The number of benzene rings is 1. The topological polar surface area (TPSA) is 55.8 Å². The Balaban J connectivity index is 2.30. The fourth-order valence-electron chi connectivity index (χ4n) is 2.24. The van der Waals surface area contributed by atoms with Crippen molar-refractivity contribution >= 4 is 17.6 Å². The summed E-state index contributed by atoms with van der Waals surface area (Å²) in [4.78, 5) is 11.0. The molecule has 1 aromatic rings. The van der Waals surface area contributed by atoms with Gasteiger partial charge < -0.3 is 14.6 Å². The smallest absolute Gasteiger partial charge is 0.304 e. The van der Waals surface area contributed by atoms with Gasteiger partial charge in [0, 0.05) is 5.41 Å². The van der Waals surface area contributed by atoms with E-state index < -0.39 is 11.4 Å². The monoisotopic (exact) mass is 312 g/mol. The standard InChI is InChI=1S/C16H21ClO4/c1-16(2,8-14(18)19)11-6-12(17)15(20-3)13(7-11)21-9-10-4-5-10/h6-7,10H,4-5,8-9H2,1-3H3,(H,18,19). The lowest BCUT2D eigenvalue weighted by molar-refractivity contribution is -0.138. The minimum Gasteiger partial charge on any atom is -0.491 e. The minimum atomic E-state index is -0.840. The molecule has 0 bridgehead atoms. The maximum atomic E-state index is 11.0. The molecule has 0 spiro atoms. The van der Waals surface area contributed by atoms with Crippen LogP contribution >= 0.6 is 11.6 Å². The van der Waals surface area contributed by atoms with Gasteiger partial charge in [-0.3, -0.25) is 4.79 Å². The summed E-state index contributed by atoms with van der Waals surface area (Å²) in [6.45, 7) is 4.41. The molecule has 1 N–H and O–H groups in total. The van der Waals surface area contributed by atoms with E-state index in [0.717, 1.165) is 5.56 Å². The van der Waals surface area contributed by atoms with Gasteiger partial charge in [-0.05, 0) is 36.5 Å². The van der Waals surface area contributed by atoms with Gasteiger partial charge in [-0.25, -0.2) is 0 Å². The predicted octanol–water partition coefficient (Wildman–Crippen LogP) is 3.89. The molecule has 116 valence electrons. The molecule has 0 saturated heterocycles. The number of hydrogen-bond acceptors (Lipinski definition) is 3. The van der Waals surface area contributed by atoms with E-state index in [-0.39, 0.29) is 6.42 Å². The summed E-state index contributed by atoms with van der Waals surface area (Å²) >= 11 is 6.26. The Morgan fingerprint density at radius 3 is 2.62 bits per heavy atom. The lowest BCUT2D eigenvalue weighted by Crippen LogP contribution is -2.22. The Bertz CT molecular complexity index is 535. The van der Waals surface area contributed by atoms with Crippen LogP contribution in [0, 0.1) is 5.92 Å². The van der Waals surface area contributed by atoms with Crippen molar-refractivity contribution in [2.45, 2.75) is 38.5 Å². The molecule has 0 heterocycles. The van der Waals surface area contributed by atoms with E-state index in [9.17, 15) is 4.79 Å². The summed E-state index contributed by atoms with van der Waals surface area (Å²) in [5, 5.41) is 9.49. The molecule has 1 saturated carbocycles. The van der Waals surface area contributed by atoms with Gasteiger partial charge in [0.05, 0.1) is 25.2 Å². The Labute approximate surface area is 130 Å². The number of carboxylic acids is 1. The molecule has 1 fully saturated rings. The van der Waals surface area contributed by atoms with Crippen LogP contribution in [0.4, 0.5) is 0 Å². The number of hydrogen-bond donors (Lipinski definition) is 1. The second kappa shape index (κ2) is 6.14. The third-order valence-electron chi connectivity index (χ3n) is 3.76. The maximum Gasteiger partial charge on any atom is 0.304 e. The minimum absolute atomic E-state index is 0.0255. The SMILES string of the molecule is COc1c(Cl)cc(C(C)(C)CC(=O)O)cc1OCC1CC1. The van der Waals surface area contributed by atoms with Gasteiger partial charge >= 0.3 is 5.97 Å². The van der Waals surface area contributed by atoms with Gasteiger partial charge in [0.25, 0.3) is 0 Å². The van der Waals surface area contributed by atoms with E-state index in [1.807, 2.05) is 19.9 Å². The average Bonchev–Trinajstić information content (AvgIpc) is 3.18. The largest absolute Gasteiger partial charge is 0.491 e. The highest BCUT2D eigenvalue weighted by atomic mass is 35.5. The molecular weight excluding hydrogens is 292 g/mol. The average molecular weight is 313 g/mol. The molecule has 0 radical (unpaired) electrons. The zero-order valence-corrected chi connectivity index (χ0v) is 13.4. The van der Waals surface area contributed by atoms with Crippen LogP contribution < -0.4 is 9.47 Å². The normalized spacial score (nSPS) is 14.9. The summed E-state index contributed by atoms with van der Waals surface area (Å²) < 4.78 is 11.1. The van der Waals surface area contributed by atoms with E-state index in [2.05, 4.69) is 0 Å². The van der Waals surface area contributed by atoms with Crippen molar-refractivity contribution in [2.75, 3.05) is 13.7 Å². The Morgan fingerprint density at radius 1 is 1.43 bits per heavy atom. The lowest BCUT2D eigenvalue weighted by atomic mass is 9.81. The van der Waals surface area contributed by atoms with E-state index in [0.29, 0.717) is 29.0 Å². The molecule has 0 unspecified atom stereocenters. The van der Waals surface area contributed by atoms with Crippen molar-refractivity contribution in [2.24, 2.45) is 5.92 Å². The van der Waals surface area contributed by atoms with E-state index in [4.69, 9.17) is 26.2 Å². The first kappa shape index (κ1) is 16.0. The van der Waals surface area contributed by atoms with Crippen molar-refractivity contribution in [1.82, 2.24) is 0 Å². The van der Waals surface area contributed by atoms with E-state index in [1.54, 1.807) is 13.2 Å². The molecule has 1 aliphatic rings. The molecule has 0 aromatic heterocycles. The van der Waals surface area contributed by atoms with Crippen LogP contribution in [0.15, 0.2) is 12.1 Å². The van der Waals surface area contributed by atoms with Gasteiger partial charge in [0.15, 0.2) is 11.5 Å². The zero-order valence-electron chi connectivity index (χ0n) is 12.6. The predicted molar refractivity (Wildman–Crippen MR) is 81.5 cm³/mol. The van der Waals surface area contributed by atoms with Gasteiger partial charge in [-0.1, -0.05) is 25.4 Å². The fraction of sp³-hybridized carbons (Fsp3) is 0.562. The first-order valence-corrected chi connectivity index (χ1v) is 7.44. The van der Waals surface area contributed by atoms with Crippen LogP contribution in [0.2, 0.25) is 5.02 Å². The quantitative estimate of drug-likeness (QED) is 0.830. The van der Waals surface area contributed by atoms with Gasteiger partial charge in [0.2, 0.25) is 0 Å². The van der Waals surface area contributed by atoms with Gasteiger partial charge in [-0.2, -0.15) is 0 Å². The second-order valence-electron chi connectivity index (χ2n) is 6.20. The van der Waals surface area contributed by atoms with Crippen LogP contribution in [0.5, 0.6) is 11.5 Å². The fourth-order valence-corrected chi connectivity index (χ4v) is 2.52. The highest BCUT2D eigenvalue weighted by Crippen LogP contribution is 2.41. The third-order valence-corrected chi connectivity index (χ3v) is 4.04. The molecule has 21 heavy (non-hydrogen) atoms. The van der Waals surface area contributed by atoms with E-state index >= 15 is 0 Å². The van der Waals surface area contributed by atoms with Crippen LogP contribution in [0.3, 0.4) is 0 Å². The van der Waals surface area contributed by atoms with Crippen LogP contribution in [-0.4, -0.2) is 24.8 Å². The van der Waals surface area contributed by atoms with Crippen LogP contribution in [-0.2, 0) is 10.2 Å². The highest BCUT2D eigenvalue weighted by molar-refractivity contribution is 6.32. The summed E-state index contributed by atoms with van der Waals surface area (Å²) in [7, 11) is 1.55. The van der Waals surface area contributed by atoms with Crippen molar-refractivity contribution in [1.29, 1.82) is 0 Å². The maximum absolute atomic E-state index is 11.0. The molecule has 1 aromatic carbocycles. The Kier molecular flexibility index (Phi) is 4.67. The van der Waals surface area contributed by atoms with Crippen molar-refractivity contribution in [3.05, 3.63) is 22.7 Å². The number of methoxy groups -OCH3 is 1. The summed E-state index contributed by atoms with van der Waals surface area (Å²) in [5.41, 5.74) is 0.306. The van der Waals surface area contributed by atoms with Crippen molar-refractivity contribution in [3.8, 4) is 11.5 Å². The molecule has 2 rings (SSSR count). The number of carbonyl (C=O) groups is 1. The highest BCUT2D eigenvalue weighted by Gasteiger charge is 2.28. The van der Waals surface area contributed by atoms with Crippen LogP contribution in [0.25, 0.3) is 0 Å².